The van der Waals surface area contributed by atoms with Crippen LogP contribution in [0.5, 0.6) is 0 Å². The van der Waals surface area contributed by atoms with Gasteiger partial charge in [-0.2, -0.15) is 0 Å². The van der Waals surface area contributed by atoms with Crippen molar-refractivity contribution in [3.8, 4) is 0 Å². The number of hydrogen-bond donors (Lipinski definition) is 1. The summed E-state index contributed by atoms with van der Waals surface area (Å²) in [5.74, 6) is 0. The predicted molar refractivity (Wildman–Crippen MR) is 78.7 cm³/mol. The lowest BCUT2D eigenvalue weighted by atomic mass is 10.0. The molecule has 0 aliphatic carbocycles. The molecule has 6 heteroatoms. The first-order valence-corrected chi connectivity index (χ1v) is 6.96. The number of carbonyl (C=O) groups is 1. The van der Waals surface area contributed by atoms with Crippen molar-refractivity contribution in [3.63, 3.8) is 0 Å². The maximum Gasteiger partial charge on any atom is 0.410 e. The summed E-state index contributed by atoms with van der Waals surface area (Å²) in [5.41, 5.74) is 2.46. The van der Waals surface area contributed by atoms with E-state index in [0.717, 1.165) is 16.7 Å². The maximum absolute atomic E-state index is 12.2. The number of β-amino-alcohol motifs (C(OH)–C–C–N with tert-alkyl or cyclic N) is 1. The van der Waals surface area contributed by atoms with Crippen LogP contribution in [-0.2, 0) is 11.3 Å². The fourth-order valence-electron chi connectivity index (χ4n) is 2.33. The lowest BCUT2D eigenvalue weighted by molar-refractivity contribution is 0.0810. The van der Waals surface area contributed by atoms with Gasteiger partial charge in [-0.1, -0.05) is 35.5 Å². The smallest absolute Gasteiger partial charge is 0.410 e. The number of carbonyl (C=O) groups excluding carboxylic acids is 1. The molecule has 3 rings (SSSR count). The first-order valence-electron chi connectivity index (χ1n) is 6.96. The van der Waals surface area contributed by atoms with Crippen LogP contribution in [-0.4, -0.2) is 40.4 Å². The van der Waals surface area contributed by atoms with Crippen LogP contribution in [0.25, 0.3) is 5.57 Å². The molecule has 1 N–H and O–H groups in total. The Morgan fingerprint density at radius 1 is 1.41 bits per heavy atom. The van der Waals surface area contributed by atoms with Crippen LogP contribution < -0.4 is 0 Å². The number of benzene rings is 1. The lowest BCUT2D eigenvalue weighted by Crippen LogP contribution is -2.41. The van der Waals surface area contributed by atoms with Crippen LogP contribution in [0.15, 0.2) is 53.4 Å². The van der Waals surface area contributed by atoms with Crippen molar-refractivity contribution in [2.45, 2.75) is 12.7 Å². The Hall–Kier alpha value is -2.60. The highest BCUT2D eigenvalue weighted by Gasteiger charge is 2.25. The van der Waals surface area contributed by atoms with Crippen molar-refractivity contribution < 1.29 is 19.2 Å². The molecule has 114 valence electrons. The second kappa shape index (κ2) is 6.44. The second-order valence-electron chi connectivity index (χ2n) is 5.09. The average Bonchev–Trinajstić information content (AvgIpc) is 3.07. The van der Waals surface area contributed by atoms with Gasteiger partial charge in [-0.3, -0.25) is 0 Å². The first kappa shape index (κ1) is 14.3. The largest absolute Gasteiger partial charge is 0.445 e. The molecule has 0 bridgehead atoms. The van der Waals surface area contributed by atoms with E-state index in [4.69, 9.17) is 9.26 Å². The Bertz CT molecular complexity index is 652. The van der Waals surface area contributed by atoms with E-state index in [9.17, 15) is 9.90 Å². The van der Waals surface area contributed by atoms with E-state index < -0.39 is 12.2 Å². The van der Waals surface area contributed by atoms with E-state index in [1.807, 2.05) is 30.3 Å². The van der Waals surface area contributed by atoms with Crippen molar-refractivity contribution >= 4 is 11.7 Å². The van der Waals surface area contributed by atoms with Crippen LogP contribution in [0.3, 0.4) is 0 Å². The van der Waals surface area contributed by atoms with Gasteiger partial charge in [-0.05, 0) is 17.2 Å². The van der Waals surface area contributed by atoms with Crippen LogP contribution >= 0.6 is 0 Å². The number of aliphatic hydroxyl groups excluding tert-OH is 1. The minimum atomic E-state index is -0.733. The lowest BCUT2D eigenvalue weighted by Gasteiger charge is -2.29. The minimum absolute atomic E-state index is 0.207. The summed E-state index contributed by atoms with van der Waals surface area (Å²) in [6.45, 7) is 0.771. The zero-order valence-corrected chi connectivity index (χ0v) is 11.9. The van der Waals surface area contributed by atoms with Crippen LogP contribution in [0.1, 0.15) is 11.1 Å². The number of amides is 1. The van der Waals surface area contributed by atoms with Crippen molar-refractivity contribution in [3.05, 3.63) is 60.0 Å². The molecular weight excluding hydrogens is 284 g/mol. The molecule has 1 atom stereocenters. The monoisotopic (exact) mass is 300 g/mol. The SMILES string of the molecule is O=C(OCc1ccccc1)N1CC(c2cnoc2)=CC(O)C1. The van der Waals surface area contributed by atoms with Crippen molar-refractivity contribution in [1.29, 1.82) is 0 Å². The maximum atomic E-state index is 12.2. The molecule has 0 spiro atoms. The van der Waals surface area contributed by atoms with Crippen molar-refractivity contribution in [1.82, 2.24) is 10.1 Å². The molecule has 1 aromatic carbocycles. The number of ether oxygens (including phenoxy) is 1. The molecule has 0 radical (unpaired) electrons. The normalized spacial score (nSPS) is 18.0. The number of rotatable bonds is 3. The summed E-state index contributed by atoms with van der Waals surface area (Å²) in [7, 11) is 0. The van der Waals surface area contributed by atoms with Gasteiger partial charge in [0.25, 0.3) is 0 Å². The van der Waals surface area contributed by atoms with Gasteiger partial charge in [0.2, 0.25) is 0 Å². The average molecular weight is 300 g/mol. The predicted octanol–water partition coefficient (Wildman–Crippen LogP) is 2.07. The number of hydrogen-bond acceptors (Lipinski definition) is 5. The van der Waals surface area contributed by atoms with Crippen molar-refractivity contribution in [2.75, 3.05) is 13.1 Å². The molecular formula is C16H16N2O4. The molecule has 1 unspecified atom stereocenters. The summed E-state index contributed by atoms with van der Waals surface area (Å²) in [5, 5.41) is 13.5. The summed E-state index contributed by atoms with van der Waals surface area (Å²) in [4.78, 5) is 13.6. The van der Waals surface area contributed by atoms with Gasteiger partial charge in [0.1, 0.15) is 12.9 Å². The van der Waals surface area contributed by atoms with Crippen LogP contribution in [0.4, 0.5) is 4.79 Å². The molecule has 1 aliphatic heterocycles. The molecule has 22 heavy (non-hydrogen) atoms. The van der Waals surface area contributed by atoms with Gasteiger partial charge < -0.3 is 19.3 Å². The van der Waals surface area contributed by atoms with E-state index in [1.54, 1.807) is 12.3 Å². The topological polar surface area (TPSA) is 75.8 Å². The molecule has 2 aromatic rings. The molecule has 1 amide bonds. The van der Waals surface area contributed by atoms with Gasteiger partial charge in [0.15, 0.2) is 0 Å². The fraction of sp³-hybridized carbons (Fsp3) is 0.250. The van der Waals surface area contributed by atoms with Gasteiger partial charge in [-0.15, -0.1) is 0 Å². The zero-order valence-electron chi connectivity index (χ0n) is 11.9. The summed E-state index contributed by atoms with van der Waals surface area (Å²) < 4.78 is 10.1. The Kier molecular flexibility index (Phi) is 4.20. The number of aromatic nitrogens is 1. The standard InChI is InChI=1S/C16H16N2O4/c19-15-6-13(14-7-17-22-11-14)8-18(9-15)16(20)21-10-12-4-2-1-3-5-12/h1-7,11,15,19H,8-10H2. The highest BCUT2D eigenvalue weighted by molar-refractivity contribution is 5.75. The van der Waals surface area contributed by atoms with Crippen molar-refractivity contribution in [2.24, 2.45) is 0 Å². The highest BCUT2D eigenvalue weighted by Crippen LogP contribution is 2.21. The van der Waals surface area contributed by atoms with Crippen LogP contribution in [0, 0.1) is 0 Å². The third-order valence-electron chi connectivity index (χ3n) is 3.43. The quantitative estimate of drug-likeness (QED) is 0.939. The number of aliphatic hydroxyl groups is 1. The summed E-state index contributed by atoms with van der Waals surface area (Å²) in [6.07, 6.45) is 3.55. The van der Waals surface area contributed by atoms with Gasteiger partial charge in [0, 0.05) is 12.1 Å². The van der Waals surface area contributed by atoms with E-state index in [1.165, 1.54) is 11.2 Å². The van der Waals surface area contributed by atoms with E-state index in [-0.39, 0.29) is 13.2 Å². The molecule has 0 saturated carbocycles. The third-order valence-corrected chi connectivity index (χ3v) is 3.43. The number of nitrogens with zero attached hydrogens (tertiary/aromatic N) is 2. The first-order chi connectivity index (χ1) is 10.7. The van der Waals surface area contributed by atoms with Crippen LogP contribution in [0.2, 0.25) is 0 Å². The summed E-state index contributed by atoms with van der Waals surface area (Å²) >= 11 is 0. The Morgan fingerprint density at radius 3 is 2.95 bits per heavy atom. The molecule has 0 fully saturated rings. The Balaban J connectivity index is 1.62. The fourth-order valence-corrected chi connectivity index (χ4v) is 2.33. The molecule has 1 aromatic heterocycles. The zero-order chi connectivity index (χ0) is 15.4. The second-order valence-corrected chi connectivity index (χ2v) is 5.09. The van der Waals surface area contributed by atoms with E-state index in [2.05, 4.69) is 5.16 Å². The molecule has 1 aliphatic rings. The van der Waals surface area contributed by atoms with Gasteiger partial charge in [-0.25, -0.2) is 4.79 Å². The Morgan fingerprint density at radius 2 is 2.23 bits per heavy atom. The highest BCUT2D eigenvalue weighted by atomic mass is 16.6. The minimum Gasteiger partial charge on any atom is -0.445 e. The molecule has 0 saturated heterocycles. The molecule has 2 heterocycles. The van der Waals surface area contributed by atoms with E-state index in [0.29, 0.717) is 6.54 Å². The third kappa shape index (κ3) is 3.35. The van der Waals surface area contributed by atoms with Gasteiger partial charge in [0.05, 0.1) is 18.8 Å². The summed E-state index contributed by atoms with van der Waals surface area (Å²) in [6, 6.07) is 9.46. The van der Waals surface area contributed by atoms with E-state index >= 15 is 0 Å². The van der Waals surface area contributed by atoms with Gasteiger partial charge >= 0.3 is 6.09 Å². The molecule has 6 nitrogen and oxygen atoms in total. The Labute approximate surface area is 127 Å².